The molecule has 0 unspecified atom stereocenters. The van der Waals surface area contributed by atoms with Gasteiger partial charge in [0.25, 0.3) is 0 Å². The molecule has 0 aliphatic carbocycles. The molecule has 10 nitrogen and oxygen atoms in total. The van der Waals surface area contributed by atoms with E-state index in [4.69, 9.17) is 10.9 Å². The van der Waals surface area contributed by atoms with Crippen LogP contribution in [0.5, 0.6) is 0 Å². The number of nitrogens with one attached hydrogen (secondary N) is 3. The summed E-state index contributed by atoms with van der Waals surface area (Å²) in [5, 5.41) is 14.9. The van der Waals surface area contributed by atoms with E-state index in [1.807, 2.05) is 0 Å². The van der Waals surface area contributed by atoms with Crippen LogP contribution in [-0.2, 0) is 21.2 Å². The van der Waals surface area contributed by atoms with Gasteiger partial charge in [0.2, 0.25) is 15.9 Å². The second-order valence-corrected chi connectivity index (χ2v) is 8.56. The van der Waals surface area contributed by atoms with Gasteiger partial charge >= 0.3 is 6.03 Å². The highest BCUT2D eigenvalue weighted by atomic mass is 35.5. The molecule has 1 heterocycles. The van der Waals surface area contributed by atoms with Crippen molar-refractivity contribution in [2.75, 3.05) is 21.7 Å². The van der Waals surface area contributed by atoms with Crippen LogP contribution in [0.15, 0.2) is 58.8 Å². The van der Waals surface area contributed by atoms with Gasteiger partial charge < -0.3 is 16.4 Å². The smallest absolute Gasteiger partial charge is 0.325 e. The summed E-state index contributed by atoms with van der Waals surface area (Å²) in [6.07, 6.45) is -0.0191. The molecule has 3 aromatic rings. The number of rotatable bonds is 6. The monoisotopic (exact) mass is 518 g/mol. The SMILES string of the molecule is Cl.Cl.Nc1ccc(NC(=O)Nc2nc(CC(=O)Nc3ccc(S(N)(=O)=O)cc3)cs2)cc1. The average Bonchev–Trinajstić information content (AvgIpc) is 3.09. The zero-order valence-corrected chi connectivity index (χ0v) is 19.5. The average molecular weight is 519 g/mol. The normalized spacial score (nSPS) is 10.3. The van der Waals surface area contributed by atoms with Gasteiger partial charge in [-0.1, -0.05) is 0 Å². The fraction of sp³-hybridized carbons (Fsp3) is 0.0556. The fourth-order valence-corrected chi connectivity index (χ4v) is 3.59. The van der Waals surface area contributed by atoms with Crippen molar-refractivity contribution in [3.8, 4) is 0 Å². The number of anilines is 4. The second kappa shape index (κ2) is 11.6. The van der Waals surface area contributed by atoms with E-state index in [0.717, 1.165) is 0 Å². The Labute approximate surface area is 200 Å². The highest BCUT2D eigenvalue weighted by molar-refractivity contribution is 7.89. The van der Waals surface area contributed by atoms with E-state index in [1.165, 1.54) is 35.6 Å². The lowest BCUT2D eigenvalue weighted by atomic mass is 10.3. The van der Waals surface area contributed by atoms with Crippen molar-refractivity contribution < 1.29 is 18.0 Å². The summed E-state index contributed by atoms with van der Waals surface area (Å²) in [5.74, 6) is -0.346. The third-order valence-electron chi connectivity index (χ3n) is 3.75. The highest BCUT2D eigenvalue weighted by Gasteiger charge is 2.12. The van der Waals surface area contributed by atoms with Crippen molar-refractivity contribution in [1.29, 1.82) is 0 Å². The lowest BCUT2D eigenvalue weighted by Gasteiger charge is -2.06. The van der Waals surface area contributed by atoms with Crippen molar-refractivity contribution in [3.05, 3.63) is 59.6 Å². The minimum atomic E-state index is -3.79. The number of nitrogens with two attached hydrogens (primary N) is 2. The third-order valence-corrected chi connectivity index (χ3v) is 5.48. The number of carbonyl (C=O) groups is 2. The Morgan fingerprint density at radius 1 is 0.906 bits per heavy atom. The Bertz CT molecular complexity index is 1170. The number of aromatic nitrogens is 1. The molecular weight excluding hydrogens is 499 g/mol. The lowest BCUT2D eigenvalue weighted by molar-refractivity contribution is -0.115. The highest BCUT2D eigenvalue weighted by Crippen LogP contribution is 2.18. The molecule has 0 aliphatic heterocycles. The standard InChI is InChI=1S/C18H18N6O4S2.2ClH/c19-11-1-3-13(4-2-11)22-17(26)24-18-23-14(10-29-18)9-16(25)21-12-5-7-15(8-6-12)30(20,27)28;;/h1-8,10H,9,19H2,(H,21,25)(H2,20,27,28)(H2,22,23,24,26);2*1H. The van der Waals surface area contributed by atoms with Gasteiger partial charge in [-0.2, -0.15) is 0 Å². The number of sulfonamides is 1. The van der Waals surface area contributed by atoms with E-state index in [1.54, 1.807) is 29.6 Å². The van der Waals surface area contributed by atoms with Crippen LogP contribution < -0.4 is 26.8 Å². The second-order valence-electron chi connectivity index (χ2n) is 6.14. The third kappa shape index (κ3) is 7.98. The molecule has 0 saturated carbocycles. The maximum atomic E-state index is 12.2. The number of amides is 3. The van der Waals surface area contributed by atoms with E-state index < -0.39 is 16.1 Å². The van der Waals surface area contributed by atoms with Gasteiger partial charge in [-0.3, -0.25) is 10.1 Å². The van der Waals surface area contributed by atoms with Crippen LogP contribution in [0.2, 0.25) is 0 Å². The maximum absolute atomic E-state index is 12.2. The molecule has 3 amide bonds. The van der Waals surface area contributed by atoms with Gasteiger partial charge in [-0.25, -0.2) is 23.3 Å². The summed E-state index contributed by atoms with van der Waals surface area (Å²) in [4.78, 5) is 28.3. The minimum absolute atomic E-state index is 0. The first-order valence-electron chi connectivity index (χ1n) is 8.50. The molecular formula is C18H20Cl2N6O4S2. The molecule has 14 heteroatoms. The van der Waals surface area contributed by atoms with Crippen molar-refractivity contribution in [3.63, 3.8) is 0 Å². The molecule has 2 aromatic carbocycles. The van der Waals surface area contributed by atoms with Crippen LogP contribution in [0.25, 0.3) is 0 Å². The van der Waals surface area contributed by atoms with Crippen LogP contribution in [0.3, 0.4) is 0 Å². The van der Waals surface area contributed by atoms with Gasteiger partial charge in [0.15, 0.2) is 5.13 Å². The molecule has 0 saturated heterocycles. The Morgan fingerprint density at radius 2 is 1.47 bits per heavy atom. The summed E-state index contributed by atoms with van der Waals surface area (Å²) in [7, 11) is -3.79. The number of thiazole rings is 1. The molecule has 0 spiro atoms. The molecule has 3 rings (SSSR count). The number of urea groups is 1. The largest absolute Gasteiger partial charge is 0.399 e. The van der Waals surface area contributed by atoms with E-state index in [0.29, 0.717) is 27.9 Å². The van der Waals surface area contributed by atoms with Crippen LogP contribution in [0, 0.1) is 0 Å². The lowest BCUT2D eigenvalue weighted by Crippen LogP contribution is -2.19. The predicted octanol–water partition coefficient (Wildman–Crippen LogP) is 3.04. The number of nitrogen functional groups attached to an aromatic ring is 1. The van der Waals surface area contributed by atoms with Crippen LogP contribution in [-0.4, -0.2) is 25.3 Å². The number of halogens is 2. The summed E-state index contributed by atoms with van der Waals surface area (Å²) >= 11 is 1.18. The molecule has 172 valence electrons. The van der Waals surface area contributed by atoms with Crippen LogP contribution >= 0.6 is 36.2 Å². The Morgan fingerprint density at radius 3 is 2.06 bits per heavy atom. The fourth-order valence-electron chi connectivity index (χ4n) is 2.37. The summed E-state index contributed by atoms with van der Waals surface area (Å²) < 4.78 is 22.5. The Hall–Kier alpha value is -2.90. The Kier molecular flexibility index (Phi) is 9.87. The zero-order valence-electron chi connectivity index (χ0n) is 16.3. The molecule has 0 atom stereocenters. The summed E-state index contributed by atoms with van der Waals surface area (Å²) in [6, 6.07) is 11.7. The molecule has 0 bridgehead atoms. The number of hydrogen-bond donors (Lipinski definition) is 5. The number of hydrogen-bond acceptors (Lipinski definition) is 7. The number of carbonyl (C=O) groups excluding carboxylic acids is 2. The molecule has 0 radical (unpaired) electrons. The molecule has 7 N–H and O–H groups in total. The van der Waals surface area contributed by atoms with Crippen molar-refractivity contribution in [2.24, 2.45) is 5.14 Å². The first kappa shape index (κ1) is 27.1. The Balaban J connectivity index is 0.00000256. The first-order chi connectivity index (χ1) is 14.2. The molecule has 0 aliphatic rings. The van der Waals surface area contributed by atoms with E-state index in [2.05, 4.69) is 20.9 Å². The minimum Gasteiger partial charge on any atom is -0.399 e. The summed E-state index contributed by atoms with van der Waals surface area (Å²) in [5.41, 5.74) is 7.65. The van der Waals surface area contributed by atoms with Crippen molar-refractivity contribution >= 4 is 80.3 Å². The first-order valence-corrected chi connectivity index (χ1v) is 10.9. The topological polar surface area (TPSA) is 169 Å². The van der Waals surface area contributed by atoms with Gasteiger partial charge in [0.1, 0.15) is 0 Å². The predicted molar refractivity (Wildman–Crippen MR) is 130 cm³/mol. The van der Waals surface area contributed by atoms with Crippen LogP contribution in [0.1, 0.15) is 5.69 Å². The van der Waals surface area contributed by atoms with Crippen LogP contribution in [0.4, 0.5) is 27.0 Å². The van der Waals surface area contributed by atoms with E-state index in [-0.39, 0.29) is 42.0 Å². The van der Waals surface area contributed by atoms with Gasteiger partial charge in [-0.05, 0) is 48.5 Å². The zero-order chi connectivity index (χ0) is 21.7. The van der Waals surface area contributed by atoms with Gasteiger partial charge in [0.05, 0.1) is 17.0 Å². The quantitative estimate of drug-likeness (QED) is 0.314. The van der Waals surface area contributed by atoms with Gasteiger partial charge in [-0.15, -0.1) is 36.2 Å². The molecule has 0 fully saturated rings. The van der Waals surface area contributed by atoms with Crippen molar-refractivity contribution in [1.82, 2.24) is 4.98 Å². The van der Waals surface area contributed by atoms with Gasteiger partial charge in [0, 0.05) is 22.4 Å². The number of primary sulfonamides is 1. The van der Waals surface area contributed by atoms with E-state index in [9.17, 15) is 18.0 Å². The number of benzene rings is 2. The molecule has 1 aromatic heterocycles. The number of nitrogens with zero attached hydrogens (tertiary/aromatic N) is 1. The van der Waals surface area contributed by atoms with Crippen molar-refractivity contribution in [2.45, 2.75) is 11.3 Å². The molecule has 32 heavy (non-hydrogen) atoms. The summed E-state index contributed by atoms with van der Waals surface area (Å²) in [6.45, 7) is 0. The van der Waals surface area contributed by atoms with E-state index >= 15 is 0 Å². The maximum Gasteiger partial charge on any atom is 0.325 e.